The molecule has 2 aliphatic rings. The third-order valence-electron chi connectivity index (χ3n) is 5.54. The number of nitrogens with one attached hydrogen (secondary N) is 1. The first-order valence-corrected chi connectivity index (χ1v) is 9.23. The van der Waals surface area contributed by atoms with Crippen LogP contribution in [0.1, 0.15) is 42.5 Å². The minimum atomic E-state index is -4.40. The second-order valence-corrected chi connectivity index (χ2v) is 7.02. The van der Waals surface area contributed by atoms with Crippen LogP contribution in [0.2, 0.25) is 0 Å². The lowest BCUT2D eigenvalue weighted by Gasteiger charge is -2.30. The highest BCUT2D eigenvalue weighted by Crippen LogP contribution is 2.40. The smallest absolute Gasteiger partial charge is 0.369 e. The lowest BCUT2D eigenvalue weighted by molar-refractivity contribution is -0.137. The molecule has 7 heteroatoms. The SMILES string of the molecule is CCN1CCC(c2nn(-c3ccccc3C(F)(F)F)c3c2CCN3)CC1. The van der Waals surface area contributed by atoms with E-state index < -0.39 is 11.7 Å². The number of piperidine rings is 1. The van der Waals surface area contributed by atoms with E-state index in [0.717, 1.165) is 68.6 Å². The Morgan fingerprint density at radius 2 is 1.92 bits per heavy atom. The van der Waals surface area contributed by atoms with Crippen LogP contribution in [0.3, 0.4) is 0 Å². The van der Waals surface area contributed by atoms with Gasteiger partial charge in [-0.2, -0.15) is 18.3 Å². The molecule has 0 radical (unpaired) electrons. The summed E-state index contributed by atoms with van der Waals surface area (Å²) in [5.41, 5.74) is 1.53. The molecule has 2 aromatic rings. The molecule has 1 N–H and O–H groups in total. The highest BCUT2D eigenvalue weighted by atomic mass is 19.4. The average Bonchev–Trinajstić information content (AvgIpc) is 3.24. The number of anilines is 1. The van der Waals surface area contributed by atoms with Crippen LogP contribution >= 0.6 is 0 Å². The third-order valence-corrected chi connectivity index (χ3v) is 5.54. The zero-order valence-corrected chi connectivity index (χ0v) is 14.8. The average molecular weight is 364 g/mol. The summed E-state index contributed by atoms with van der Waals surface area (Å²) in [6.07, 6.45) is -1.55. The van der Waals surface area contributed by atoms with Gasteiger partial charge in [-0.05, 0) is 51.0 Å². The second kappa shape index (κ2) is 6.61. The lowest BCUT2D eigenvalue weighted by Crippen LogP contribution is -2.33. The van der Waals surface area contributed by atoms with Gasteiger partial charge in [-0.25, -0.2) is 4.68 Å². The van der Waals surface area contributed by atoms with Gasteiger partial charge in [0.2, 0.25) is 0 Å². The van der Waals surface area contributed by atoms with E-state index in [0.29, 0.717) is 5.92 Å². The monoisotopic (exact) mass is 364 g/mol. The fourth-order valence-corrected chi connectivity index (χ4v) is 4.12. The van der Waals surface area contributed by atoms with Gasteiger partial charge in [0.1, 0.15) is 5.82 Å². The van der Waals surface area contributed by atoms with E-state index in [1.54, 1.807) is 6.07 Å². The van der Waals surface area contributed by atoms with Crippen molar-refractivity contribution in [2.45, 2.75) is 38.3 Å². The largest absolute Gasteiger partial charge is 0.418 e. The van der Waals surface area contributed by atoms with Crippen LogP contribution < -0.4 is 5.32 Å². The minimum absolute atomic E-state index is 0.0999. The number of halogens is 3. The van der Waals surface area contributed by atoms with Crippen LogP contribution in [0, 0.1) is 0 Å². The Labute approximate surface area is 151 Å². The minimum Gasteiger partial charge on any atom is -0.369 e. The zero-order chi connectivity index (χ0) is 18.3. The number of nitrogens with zero attached hydrogens (tertiary/aromatic N) is 3. The van der Waals surface area contributed by atoms with Crippen molar-refractivity contribution in [2.24, 2.45) is 0 Å². The van der Waals surface area contributed by atoms with E-state index in [1.165, 1.54) is 16.8 Å². The number of alkyl halides is 3. The Bertz CT molecular complexity index is 789. The molecule has 0 saturated carbocycles. The summed E-state index contributed by atoms with van der Waals surface area (Å²) in [6.45, 7) is 6.00. The molecule has 1 aromatic heterocycles. The Morgan fingerprint density at radius 1 is 1.19 bits per heavy atom. The molecular weight excluding hydrogens is 341 g/mol. The van der Waals surface area contributed by atoms with E-state index in [1.807, 2.05) is 0 Å². The molecule has 1 fully saturated rings. The molecule has 1 saturated heterocycles. The summed E-state index contributed by atoms with van der Waals surface area (Å²) in [7, 11) is 0. The van der Waals surface area contributed by atoms with E-state index in [2.05, 4.69) is 22.2 Å². The van der Waals surface area contributed by atoms with Gasteiger partial charge >= 0.3 is 6.18 Å². The van der Waals surface area contributed by atoms with Gasteiger partial charge in [-0.15, -0.1) is 0 Å². The molecule has 26 heavy (non-hydrogen) atoms. The van der Waals surface area contributed by atoms with Crippen LogP contribution in [-0.4, -0.2) is 40.9 Å². The maximum Gasteiger partial charge on any atom is 0.418 e. The Hall–Kier alpha value is -2.02. The third kappa shape index (κ3) is 2.98. The van der Waals surface area contributed by atoms with E-state index in [-0.39, 0.29) is 5.69 Å². The fourth-order valence-electron chi connectivity index (χ4n) is 4.12. The number of para-hydroxylation sites is 1. The predicted molar refractivity (Wildman–Crippen MR) is 94.8 cm³/mol. The van der Waals surface area contributed by atoms with Crippen molar-refractivity contribution in [1.29, 1.82) is 0 Å². The van der Waals surface area contributed by atoms with Crippen LogP contribution in [-0.2, 0) is 12.6 Å². The summed E-state index contributed by atoms with van der Waals surface area (Å²) < 4.78 is 41.9. The van der Waals surface area contributed by atoms with Crippen molar-refractivity contribution in [3.8, 4) is 5.69 Å². The first-order valence-electron chi connectivity index (χ1n) is 9.23. The summed E-state index contributed by atoms with van der Waals surface area (Å²) >= 11 is 0. The van der Waals surface area contributed by atoms with Gasteiger partial charge in [0, 0.05) is 18.0 Å². The number of hydrogen-bond acceptors (Lipinski definition) is 3. The van der Waals surface area contributed by atoms with Gasteiger partial charge in [0.05, 0.1) is 16.9 Å². The van der Waals surface area contributed by atoms with Crippen LogP contribution in [0.15, 0.2) is 24.3 Å². The molecule has 2 aliphatic heterocycles. The number of aromatic nitrogens is 2. The Kier molecular flexibility index (Phi) is 4.42. The van der Waals surface area contributed by atoms with Crippen molar-refractivity contribution in [3.05, 3.63) is 41.1 Å². The lowest BCUT2D eigenvalue weighted by atomic mass is 9.91. The molecule has 0 bridgehead atoms. The quantitative estimate of drug-likeness (QED) is 0.892. The maximum absolute atomic E-state index is 13.5. The van der Waals surface area contributed by atoms with Crippen molar-refractivity contribution in [3.63, 3.8) is 0 Å². The van der Waals surface area contributed by atoms with Crippen LogP contribution in [0.4, 0.5) is 19.0 Å². The van der Waals surface area contributed by atoms with Crippen LogP contribution in [0.25, 0.3) is 5.69 Å². The molecule has 4 rings (SSSR count). The van der Waals surface area contributed by atoms with Crippen molar-refractivity contribution < 1.29 is 13.2 Å². The first-order chi connectivity index (χ1) is 12.5. The van der Waals surface area contributed by atoms with E-state index >= 15 is 0 Å². The number of likely N-dealkylation sites (tertiary alicyclic amines) is 1. The van der Waals surface area contributed by atoms with Crippen molar-refractivity contribution in [1.82, 2.24) is 14.7 Å². The summed E-state index contributed by atoms with van der Waals surface area (Å²) in [6, 6.07) is 5.68. The molecular formula is C19H23F3N4. The molecule has 1 aromatic carbocycles. The number of benzene rings is 1. The molecule has 140 valence electrons. The Morgan fingerprint density at radius 3 is 2.62 bits per heavy atom. The topological polar surface area (TPSA) is 33.1 Å². The van der Waals surface area contributed by atoms with Gasteiger partial charge < -0.3 is 10.2 Å². The molecule has 0 spiro atoms. The zero-order valence-electron chi connectivity index (χ0n) is 14.8. The van der Waals surface area contributed by atoms with Gasteiger partial charge in [0.15, 0.2) is 0 Å². The molecule has 0 unspecified atom stereocenters. The van der Waals surface area contributed by atoms with Crippen LogP contribution in [0.5, 0.6) is 0 Å². The Balaban J connectivity index is 1.74. The van der Waals surface area contributed by atoms with E-state index in [9.17, 15) is 13.2 Å². The first kappa shape index (κ1) is 17.4. The van der Waals surface area contributed by atoms with Gasteiger partial charge in [0.25, 0.3) is 0 Å². The van der Waals surface area contributed by atoms with E-state index in [4.69, 9.17) is 0 Å². The number of fused-ring (bicyclic) bond motifs is 1. The number of hydrogen-bond donors (Lipinski definition) is 1. The molecule has 4 nitrogen and oxygen atoms in total. The summed E-state index contributed by atoms with van der Waals surface area (Å²) in [5.74, 6) is 1.06. The molecule has 0 atom stereocenters. The van der Waals surface area contributed by atoms with Gasteiger partial charge in [-0.1, -0.05) is 19.1 Å². The van der Waals surface area contributed by atoms with Crippen molar-refractivity contribution in [2.75, 3.05) is 31.5 Å². The normalized spacial score (nSPS) is 18.8. The summed E-state index contributed by atoms with van der Waals surface area (Å²) in [5, 5.41) is 7.93. The van der Waals surface area contributed by atoms with Crippen molar-refractivity contribution >= 4 is 5.82 Å². The molecule has 3 heterocycles. The maximum atomic E-state index is 13.5. The summed E-state index contributed by atoms with van der Waals surface area (Å²) in [4.78, 5) is 2.41. The predicted octanol–water partition coefficient (Wildman–Crippen LogP) is 4.06. The fraction of sp³-hybridized carbons (Fsp3) is 0.526. The second-order valence-electron chi connectivity index (χ2n) is 7.02. The number of rotatable bonds is 3. The molecule has 0 amide bonds. The highest BCUT2D eigenvalue weighted by Gasteiger charge is 2.36. The van der Waals surface area contributed by atoms with Gasteiger partial charge in [-0.3, -0.25) is 0 Å². The molecule has 0 aliphatic carbocycles. The standard InChI is InChI=1S/C19H23F3N4/c1-2-25-11-8-13(9-12-25)17-14-7-10-23-18(14)26(24-17)16-6-4-3-5-15(16)19(20,21)22/h3-6,13,23H,2,7-12H2,1H3. The highest BCUT2D eigenvalue weighted by molar-refractivity contribution is 5.59.